The van der Waals surface area contributed by atoms with Gasteiger partial charge in [-0.05, 0) is 84.4 Å². The fourth-order valence-electron chi connectivity index (χ4n) is 3.68. The van der Waals surface area contributed by atoms with Crippen LogP contribution in [-0.2, 0) is 14.3 Å². The first-order valence-electron chi connectivity index (χ1n) is 13.2. The van der Waals surface area contributed by atoms with Crippen molar-refractivity contribution in [1.29, 1.82) is 0 Å². The van der Waals surface area contributed by atoms with Crippen molar-refractivity contribution in [3.63, 3.8) is 0 Å². The average molecular weight is 536 g/mol. The quantitative estimate of drug-likeness (QED) is 0.176. The smallest absolute Gasteiger partial charge is 0.276 e. The number of ether oxygens (including phenoxy) is 3. The number of hydrogen-bond donors (Lipinski definition) is 1. The highest BCUT2D eigenvalue weighted by Crippen LogP contribution is 2.24. The maximum absolute atomic E-state index is 12.3. The van der Waals surface area contributed by atoms with Crippen molar-refractivity contribution < 1.29 is 23.4 Å². The van der Waals surface area contributed by atoms with Gasteiger partial charge in [0.1, 0.15) is 5.75 Å². The number of benzene rings is 1. The van der Waals surface area contributed by atoms with Crippen LogP contribution in [0.5, 0.6) is 5.75 Å². The van der Waals surface area contributed by atoms with E-state index in [0.717, 1.165) is 43.4 Å². The monoisotopic (exact) mass is 535 g/mol. The molecule has 0 aliphatic rings. The summed E-state index contributed by atoms with van der Waals surface area (Å²) in [4.78, 5) is 12.3. The van der Waals surface area contributed by atoms with Crippen LogP contribution < -0.4 is 10.1 Å². The van der Waals surface area contributed by atoms with Crippen molar-refractivity contribution in [2.75, 3.05) is 26.1 Å². The van der Waals surface area contributed by atoms with E-state index in [1.807, 2.05) is 44.4 Å². The van der Waals surface area contributed by atoms with E-state index < -0.39 is 0 Å². The second kappa shape index (κ2) is 15.3. The third kappa shape index (κ3) is 12.3. The molecule has 1 aromatic heterocycles. The van der Waals surface area contributed by atoms with E-state index in [2.05, 4.69) is 43.2 Å². The highest BCUT2D eigenvalue weighted by molar-refractivity contribution is 7.98. The Kier molecular flexibility index (Phi) is 12.9. The molecule has 2 aromatic rings. The van der Waals surface area contributed by atoms with Gasteiger partial charge in [0.25, 0.3) is 5.22 Å². The first kappa shape index (κ1) is 31.1. The van der Waals surface area contributed by atoms with Gasteiger partial charge in [-0.25, -0.2) is 0 Å². The fraction of sp³-hybridized carbons (Fsp3) is 0.679. The van der Waals surface area contributed by atoms with Crippen molar-refractivity contribution in [3.05, 3.63) is 24.3 Å². The largest absolute Gasteiger partial charge is 0.493 e. The van der Waals surface area contributed by atoms with E-state index in [0.29, 0.717) is 37.4 Å². The molecular weight excluding hydrogens is 490 g/mol. The summed E-state index contributed by atoms with van der Waals surface area (Å²) in [5.74, 6) is 1.33. The van der Waals surface area contributed by atoms with Gasteiger partial charge in [-0.1, -0.05) is 25.1 Å². The lowest BCUT2D eigenvalue weighted by atomic mass is 10.00. The Morgan fingerprint density at radius 2 is 1.81 bits per heavy atom. The van der Waals surface area contributed by atoms with Gasteiger partial charge in [0.05, 0.1) is 18.3 Å². The van der Waals surface area contributed by atoms with Gasteiger partial charge in [0, 0.05) is 37.2 Å². The number of amides is 1. The number of aromatic nitrogens is 2. The minimum absolute atomic E-state index is 0.0548. The Morgan fingerprint density at radius 1 is 1.08 bits per heavy atom. The lowest BCUT2D eigenvalue weighted by Crippen LogP contribution is -2.44. The number of carbonyl (C=O) groups is 1. The van der Waals surface area contributed by atoms with Crippen LogP contribution in [0.15, 0.2) is 33.9 Å². The molecule has 0 spiro atoms. The summed E-state index contributed by atoms with van der Waals surface area (Å²) in [6, 6.07) is 7.61. The average Bonchev–Trinajstić information content (AvgIpc) is 3.31. The molecule has 1 heterocycles. The molecule has 1 unspecified atom stereocenters. The van der Waals surface area contributed by atoms with Crippen molar-refractivity contribution in [2.45, 2.75) is 103 Å². The molecule has 0 radical (unpaired) electrons. The molecule has 0 saturated carbocycles. The molecule has 0 bridgehead atoms. The molecule has 1 N–H and O–H groups in total. The predicted octanol–water partition coefficient (Wildman–Crippen LogP) is 6.29. The minimum Gasteiger partial charge on any atom is -0.493 e. The van der Waals surface area contributed by atoms with Crippen molar-refractivity contribution in [3.8, 4) is 17.2 Å². The van der Waals surface area contributed by atoms with E-state index >= 15 is 0 Å². The number of thioether (sulfide) groups is 1. The van der Waals surface area contributed by atoms with Gasteiger partial charge in [-0.3, -0.25) is 4.79 Å². The SMILES string of the molecule is CCCC(C)OCCCC(=O)NC(C)(C)CCOC(C)(C)CCOc1ccc(-c2nnc(SC)o2)cc1. The third-order valence-corrected chi connectivity index (χ3v) is 6.51. The molecule has 2 rings (SSSR count). The summed E-state index contributed by atoms with van der Waals surface area (Å²) in [5, 5.41) is 11.7. The number of nitrogens with zero attached hydrogens (tertiary/aromatic N) is 2. The third-order valence-electron chi connectivity index (χ3n) is 6.00. The molecule has 37 heavy (non-hydrogen) atoms. The Bertz CT molecular complexity index is 930. The maximum Gasteiger partial charge on any atom is 0.276 e. The molecule has 208 valence electrons. The first-order valence-corrected chi connectivity index (χ1v) is 14.4. The molecule has 0 saturated heterocycles. The lowest BCUT2D eigenvalue weighted by Gasteiger charge is -2.30. The van der Waals surface area contributed by atoms with Crippen molar-refractivity contribution in [2.24, 2.45) is 0 Å². The second-order valence-electron chi connectivity index (χ2n) is 10.6. The van der Waals surface area contributed by atoms with Gasteiger partial charge >= 0.3 is 0 Å². The molecule has 0 aliphatic carbocycles. The molecule has 8 nitrogen and oxygen atoms in total. The van der Waals surface area contributed by atoms with Crippen LogP contribution >= 0.6 is 11.8 Å². The van der Waals surface area contributed by atoms with Gasteiger partial charge < -0.3 is 23.9 Å². The topological polar surface area (TPSA) is 95.7 Å². The van der Waals surface area contributed by atoms with E-state index in [-0.39, 0.29) is 23.2 Å². The number of nitrogens with one attached hydrogen (secondary N) is 1. The van der Waals surface area contributed by atoms with Gasteiger partial charge in [-0.2, -0.15) is 0 Å². The van der Waals surface area contributed by atoms with Crippen LogP contribution in [0.3, 0.4) is 0 Å². The first-order chi connectivity index (χ1) is 17.5. The zero-order valence-electron chi connectivity index (χ0n) is 23.6. The molecular formula is C28H45N3O5S. The maximum atomic E-state index is 12.3. The zero-order valence-corrected chi connectivity index (χ0v) is 24.4. The normalized spacial score (nSPS) is 12.9. The lowest BCUT2D eigenvalue weighted by molar-refractivity contribution is -0.123. The Labute approximate surface area is 226 Å². The summed E-state index contributed by atoms with van der Waals surface area (Å²) in [6.45, 7) is 14.1. The summed E-state index contributed by atoms with van der Waals surface area (Å²) >= 11 is 1.42. The van der Waals surface area contributed by atoms with Crippen LogP contribution in [0.2, 0.25) is 0 Å². The molecule has 1 aromatic carbocycles. The van der Waals surface area contributed by atoms with E-state index in [1.54, 1.807) is 0 Å². The van der Waals surface area contributed by atoms with Crippen molar-refractivity contribution in [1.82, 2.24) is 15.5 Å². The van der Waals surface area contributed by atoms with Gasteiger partial charge in [0.15, 0.2) is 0 Å². The Balaban J connectivity index is 1.64. The molecule has 0 fully saturated rings. The van der Waals surface area contributed by atoms with Gasteiger partial charge in [0.2, 0.25) is 11.8 Å². The number of hydrogen-bond acceptors (Lipinski definition) is 8. The summed E-state index contributed by atoms with van der Waals surface area (Å²) < 4.78 is 23.4. The number of rotatable bonds is 18. The van der Waals surface area contributed by atoms with E-state index in [4.69, 9.17) is 18.6 Å². The molecule has 9 heteroatoms. The molecule has 1 amide bonds. The van der Waals surface area contributed by atoms with Gasteiger partial charge in [-0.15, -0.1) is 10.2 Å². The predicted molar refractivity (Wildman–Crippen MR) is 148 cm³/mol. The van der Waals surface area contributed by atoms with Crippen molar-refractivity contribution >= 4 is 17.7 Å². The highest BCUT2D eigenvalue weighted by Gasteiger charge is 2.24. The second-order valence-corrected chi connectivity index (χ2v) is 11.3. The Hall–Kier alpha value is -2.10. The minimum atomic E-state index is -0.343. The van der Waals surface area contributed by atoms with Crippen LogP contribution in [0.1, 0.15) is 80.1 Å². The number of carbonyl (C=O) groups excluding carboxylic acids is 1. The van der Waals surface area contributed by atoms with Crippen LogP contribution in [0.4, 0.5) is 0 Å². The van der Waals surface area contributed by atoms with Crippen LogP contribution in [-0.4, -0.2) is 59.4 Å². The molecule has 1 atom stereocenters. The highest BCUT2D eigenvalue weighted by atomic mass is 32.2. The summed E-state index contributed by atoms with van der Waals surface area (Å²) in [7, 11) is 0. The van der Waals surface area contributed by atoms with Crippen LogP contribution in [0, 0.1) is 0 Å². The standard InChI is InChI=1S/C28H45N3O5S/c1-8-10-21(2)33-18-9-11-24(32)29-27(3,4)16-20-35-28(5,6)17-19-34-23-14-12-22(13-15-23)25-30-31-26(36-25)37-7/h12-15,21H,8-11,16-20H2,1-7H3,(H,29,32). The molecule has 0 aliphatic heterocycles. The fourth-order valence-corrected chi connectivity index (χ4v) is 3.97. The summed E-state index contributed by atoms with van der Waals surface area (Å²) in [5.41, 5.74) is 0.176. The van der Waals surface area contributed by atoms with E-state index in [1.165, 1.54) is 11.8 Å². The Morgan fingerprint density at radius 3 is 2.46 bits per heavy atom. The zero-order chi connectivity index (χ0) is 27.3. The van der Waals surface area contributed by atoms with Crippen LogP contribution in [0.25, 0.3) is 11.5 Å². The summed E-state index contributed by atoms with van der Waals surface area (Å²) in [6.07, 6.45) is 6.98. The van der Waals surface area contributed by atoms with E-state index in [9.17, 15) is 4.79 Å².